The smallest absolute Gasteiger partial charge is 0.235 e. The van der Waals surface area contributed by atoms with Crippen molar-refractivity contribution in [3.05, 3.63) is 46.1 Å². The van der Waals surface area contributed by atoms with Crippen LogP contribution in [0.5, 0.6) is 0 Å². The van der Waals surface area contributed by atoms with E-state index in [2.05, 4.69) is 42.4 Å². The van der Waals surface area contributed by atoms with Crippen molar-refractivity contribution in [2.45, 2.75) is 58.7 Å². The van der Waals surface area contributed by atoms with Crippen LogP contribution >= 0.6 is 23.1 Å². The van der Waals surface area contributed by atoms with Crippen molar-refractivity contribution >= 4 is 34.0 Å². The minimum Gasteiger partial charge on any atom is -0.316 e. The standard InChI is InChI=1S/C25H28FN5OS2/c1-5-31-22(15-6-9-17(26)10-7-15)29-30-24(31)33-14-21(32)28-23-19(13-27)18-11-8-16(25(2,3)4)12-20(18)34-23/h6-7,9-10,16H,5,8,11-12,14H2,1-4H3,(H,28,32). The van der Waals surface area contributed by atoms with Crippen LogP contribution in [-0.2, 0) is 24.2 Å². The molecule has 1 amide bonds. The Kier molecular flexibility index (Phi) is 7.10. The lowest BCUT2D eigenvalue weighted by Gasteiger charge is -2.33. The van der Waals surface area contributed by atoms with E-state index in [0.29, 0.717) is 34.0 Å². The van der Waals surface area contributed by atoms with Gasteiger partial charge in [0.05, 0.1) is 11.3 Å². The number of halogens is 1. The summed E-state index contributed by atoms with van der Waals surface area (Å²) in [6.45, 7) is 9.38. The molecule has 0 fully saturated rings. The molecule has 1 aromatic carbocycles. The SMILES string of the molecule is CCn1c(SCC(=O)Nc2sc3c(c2C#N)CCC(C(C)(C)C)C3)nnc1-c1ccc(F)cc1. The summed E-state index contributed by atoms with van der Waals surface area (Å²) < 4.78 is 15.2. The fourth-order valence-corrected chi connectivity index (χ4v) is 6.41. The molecule has 2 heterocycles. The van der Waals surface area contributed by atoms with Crippen LogP contribution < -0.4 is 5.32 Å². The van der Waals surface area contributed by atoms with E-state index in [1.165, 1.54) is 40.1 Å². The van der Waals surface area contributed by atoms with Crippen LogP contribution in [-0.4, -0.2) is 26.4 Å². The minimum absolute atomic E-state index is 0.152. The topological polar surface area (TPSA) is 83.6 Å². The summed E-state index contributed by atoms with van der Waals surface area (Å²) in [6, 6.07) is 8.43. The molecular formula is C25H28FN5OS2. The number of thiophene rings is 1. The number of rotatable bonds is 6. The number of anilines is 1. The third-order valence-corrected chi connectivity index (χ3v) is 8.46. The first-order valence-corrected chi connectivity index (χ1v) is 13.2. The van der Waals surface area contributed by atoms with E-state index >= 15 is 0 Å². The van der Waals surface area contributed by atoms with Crippen molar-refractivity contribution in [2.75, 3.05) is 11.1 Å². The van der Waals surface area contributed by atoms with Crippen LogP contribution in [0.15, 0.2) is 29.4 Å². The number of carbonyl (C=O) groups is 1. The first-order valence-electron chi connectivity index (χ1n) is 11.4. The summed E-state index contributed by atoms with van der Waals surface area (Å²) in [7, 11) is 0. The number of amides is 1. The zero-order chi connectivity index (χ0) is 24.5. The molecule has 2 aromatic heterocycles. The lowest BCUT2D eigenvalue weighted by atomic mass is 9.72. The van der Waals surface area contributed by atoms with Gasteiger partial charge in [-0.2, -0.15) is 5.26 Å². The number of nitrogens with one attached hydrogen (secondary N) is 1. The largest absolute Gasteiger partial charge is 0.316 e. The van der Waals surface area contributed by atoms with E-state index in [1.54, 1.807) is 12.1 Å². The van der Waals surface area contributed by atoms with Gasteiger partial charge in [0.1, 0.15) is 16.9 Å². The summed E-state index contributed by atoms with van der Waals surface area (Å²) >= 11 is 2.83. The Morgan fingerprint density at radius 3 is 2.71 bits per heavy atom. The molecule has 0 saturated carbocycles. The highest BCUT2D eigenvalue weighted by molar-refractivity contribution is 7.99. The van der Waals surface area contributed by atoms with Gasteiger partial charge in [-0.1, -0.05) is 32.5 Å². The van der Waals surface area contributed by atoms with E-state index in [1.807, 2.05) is 11.5 Å². The Morgan fingerprint density at radius 1 is 1.32 bits per heavy atom. The third kappa shape index (κ3) is 5.03. The number of aromatic nitrogens is 3. The molecule has 1 aliphatic rings. The van der Waals surface area contributed by atoms with E-state index in [-0.39, 0.29) is 22.9 Å². The molecule has 34 heavy (non-hydrogen) atoms. The molecule has 178 valence electrons. The highest BCUT2D eigenvalue weighted by Gasteiger charge is 2.32. The van der Waals surface area contributed by atoms with Crippen molar-refractivity contribution in [1.82, 2.24) is 14.8 Å². The summed E-state index contributed by atoms with van der Waals surface area (Å²) in [6.07, 6.45) is 2.90. The lowest BCUT2D eigenvalue weighted by Crippen LogP contribution is -2.26. The molecule has 0 spiro atoms. The van der Waals surface area contributed by atoms with Crippen LogP contribution in [0.1, 0.15) is 50.1 Å². The monoisotopic (exact) mass is 497 g/mol. The Balaban J connectivity index is 1.45. The first kappa shape index (κ1) is 24.4. The Hall–Kier alpha value is -2.70. The highest BCUT2D eigenvalue weighted by Crippen LogP contribution is 2.44. The van der Waals surface area contributed by atoms with Gasteiger partial charge in [-0.05, 0) is 67.3 Å². The maximum Gasteiger partial charge on any atom is 0.235 e. The second kappa shape index (κ2) is 9.88. The maximum atomic E-state index is 13.3. The summed E-state index contributed by atoms with van der Waals surface area (Å²) in [4.78, 5) is 14.0. The second-order valence-electron chi connectivity index (χ2n) is 9.52. The first-order chi connectivity index (χ1) is 16.2. The average molecular weight is 498 g/mol. The van der Waals surface area contributed by atoms with E-state index < -0.39 is 0 Å². The fraction of sp³-hybridized carbons (Fsp3) is 0.440. The van der Waals surface area contributed by atoms with Gasteiger partial charge in [0.25, 0.3) is 0 Å². The van der Waals surface area contributed by atoms with Crippen molar-refractivity contribution in [3.63, 3.8) is 0 Å². The minimum atomic E-state index is -0.307. The average Bonchev–Trinajstić information content (AvgIpc) is 3.37. The number of nitrogens with zero attached hydrogens (tertiary/aromatic N) is 4. The summed E-state index contributed by atoms with van der Waals surface area (Å²) in [5.74, 6) is 0.871. The fourth-order valence-electron chi connectivity index (χ4n) is 4.32. The van der Waals surface area contributed by atoms with Gasteiger partial charge >= 0.3 is 0 Å². The van der Waals surface area contributed by atoms with E-state index in [0.717, 1.165) is 30.4 Å². The molecule has 3 aromatic rings. The molecule has 4 rings (SSSR count). The number of hydrogen-bond donors (Lipinski definition) is 1. The maximum absolute atomic E-state index is 13.3. The van der Waals surface area contributed by atoms with Gasteiger partial charge in [-0.25, -0.2) is 4.39 Å². The van der Waals surface area contributed by atoms with Crippen molar-refractivity contribution in [2.24, 2.45) is 11.3 Å². The molecule has 1 N–H and O–H groups in total. The van der Waals surface area contributed by atoms with Crippen molar-refractivity contribution in [1.29, 1.82) is 5.26 Å². The molecule has 1 unspecified atom stereocenters. The van der Waals surface area contributed by atoms with Crippen LogP contribution in [0.2, 0.25) is 0 Å². The molecule has 6 nitrogen and oxygen atoms in total. The van der Waals surface area contributed by atoms with Gasteiger partial charge < -0.3 is 9.88 Å². The Morgan fingerprint density at radius 2 is 2.06 bits per heavy atom. The summed E-state index contributed by atoms with van der Waals surface area (Å²) in [5.41, 5.74) is 2.70. The third-order valence-electron chi connectivity index (χ3n) is 6.32. The van der Waals surface area contributed by atoms with Gasteiger partial charge in [-0.15, -0.1) is 21.5 Å². The Labute approximate surface area is 207 Å². The number of hydrogen-bond acceptors (Lipinski definition) is 6. The zero-order valence-corrected chi connectivity index (χ0v) is 21.4. The zero-order valence-electron chi connectivity index (χ0n) is 19.8. The van der Waals surface area contributed by atoms with Gasteiger partial charge in [0.2, 0.25) is 5.91 Å². The van der Waals surface area contributed by atoms with Crippen LogP contribution in [0.4, 0.5) is 9.39 Å². The van der Waals surface area contributed by atoms with Crippen molar-refractivity contribution in [3.8, 4) is 17.5 Å². The number of carbonyl (C=O) groups excluding carboxylic acids is 1. The number of thioether (sulfide) groups is 1. The van der Waals surface area contributed by atoms with E-state index in [9.17, 15) is 14.4 Å². The number of fused-ring (bicyclic) bond motifs is 1. The van der Waals surface area contributed by atoms with Gasteiger partial charge in [0.15, 0.2) is 11.0 Å². The summed E-state index contributed by atoms with van der Waals surface area (Å²) in [5, 5.41) is 22.5. The van der Waals surface area contributed by atoms with E-state index in [4.69, 9.17) is 0 Å². The molecule has 1 aliphatic carbocycles. The molecule has 0 bridgehead atoms. The molecule has 9 heteroatoms. The lowest BCUT2D eigenvalue weighted by molar-refractivity contribution is -0.113. The molecule has 0 aliphatic heterocycles. The highest BCUT2D eigenvalue weighted by atomic mass is 32.2. The molecular weight excluding hydrogens is 469 g/mol. The van der Waals surface area contributed by atoms with Crippen molar-refractivity contribution < 1.29 is 9.18 Å². The normalized spacial score (nSPS) is 15.6. The predicted molar refractivity (Wildman–Crippen MR) is 134 cm³/mol. The van der Waals surface area contributed by atoms with Crippen LogP contribution in [0.25, 0.3) is 11.4 Å². The van der Waals surface area contributed by atoms with Crippen LogP contribution in [0.3, 0.4) is 0 Å². The number of nitriles is 1. The Bertz CT molecular complexity index is 1230. The predicted octanol–water partition coefficient (Wildman–Crippen LogP) is 5.92. The number of benzene rings is 1. The van der Waals surface area contributed by atoms with Crippen LogP contribution in [0, 0.1) is 28.5 Å². The second-order valence-corrected chi connectivity index (χ2v) is 11.6. The molecule has 0 radical (unpaired) electrons. The van der Waals surface area contributed by atoms with Gasteiger partial charge in [0, 0.05) is 17.0 Å². The quantitative estimate of drug-likeness (QED) is 0.428. The molecule has 1 atom stereocenters. The van der Waals surface area contributed by atoms with Gasteiger partial charge in [-0.3, -0.25) is 4.79 Å². The molecule has 0 saturated heterocycles.